The highest BCUT2D eigenvalue weighted by molar-refractivity contribution is 5.81. The number of piperidine rings is 1. The largest absolute Gasteiger partial charge is 0.381 e. The van der Waals surface area contributed by atoms with Crippen LogP contribution in [0.1, 0.15) is 38.5 Å². The van der Waals surface area contributed by atoms with E-state index >= 15 is 0 Å². The number of carbonyl (C=O) groups is 1. The molecule has 3 atom stereocenters. The summed E-state index contributed by atoms with van der Waals surface area (Å²) in [5, 5.41) is 3.63. The molecule has 0 saturated carbocycles. The van der Waals surface area contributed by atoms with Crippen LogP contribution in [-0.2, 0) is 9.53 Å². The van der Waals surface area contributed by atoms with Crippen LogP contribution in [-0.4, -0.2) is 31.1 Å². The van der Waals surface area contributed by atoms with Crippen molar-refractivity contribution in [3.63, 3.8) is 0 Å². The Kier molecular flexibility index (Phi) is 2.99. The van der Waals surface area contributed by atoms with Gasteiger partial charge in [0.1, 0.15) is 5.78 Å². The molecule has 0 spiro atoms. The molecule has 3 aliphatic heterocycles. The van der Waals surface area contributed by atoms with Gasteiger partial charge in [-0.25, -0.2) is 0 Å². The lowest BCUT2D eigenvalue weighted by Gasteiger charge is -2.29. The number of ketones is 1. The van der Waals surface area contributed by atoms with Crippen LogP contribution in [0.25, 0.3) is 0 Å². The monoisotopic (exact) mass is 223 g/mol. The molecule has 3 aliphatic rings. The van der Waals surface area contributed by atoms with Crippen LogP contribution in [0.2, 0.25) is 0 Å². The molecular weight excluding hydrogens is 202 g/mol. The quantitative estimate of drug-likeness (QED) is 0.788. The lowest BCUT2D eigenvalue weighted by Crippen LogP contribution is -2.39. The molecule has 3 rings (SSSR count). The Balaban J connectivity index is 1.52. The molecule has 2 bridgehead atoms. The molecule has 90 valence electrons. The molecule has 3 nitrogen and oxygen atoms in total. The highest BCUT2D eigenvalue weighted by atomic mass is 16.5. The van der Waals surface area contributed by atoms with Gasteiger partial charge in [0.25, 0.3) is 0 Å². The van der Waals surface area contributed by atoms with E-state index in [2.05, 4.69) is 5.32 Å². The van der Waals surface area contributed by atoms with Crippen molar-refractivity contribution in [1.29, 1.82) is 0 Å². The third-order valence-electron chi connectivity index (χ3n) is 4.45. The van der Waals surface area contributed by atoms with Gasteiger partial charge in [-0.2, -0.15) is 0 Å². The van der Waals surface area contributed by atoms with Crippen molar-refractivity contribution < 1.29 is 9.53 Å². The number of Topliss-reactive ketones (excluding diaryl/α,β-unsaturated/α-hetero) is 1. The standard InChI is InChI=1S/C13H21NO2/c15-13(10-3-4-16-8-10)7-9-5-11-1-2-12(6-9)14-11/h9-12,14H,1-8H2. The fraction of sp³-hybridized carbons (Fsp3) is 0.923. The van der Waals surface area contributed by atoms with Gasteiger partial charge in [-0.3, -0.25) is 4.79 Å². The number of rotatable bonds is 3. The average molecular weight is 223 g/mol. The summed E-state index contributed by atoms with van der Waals surface area (Å²) in [4.78, 5) is 12.0. The van der Waals surface area contributed by atoms with Crippen molar-refractivity contribution in [3.05, 3.63) is 0 Å². The van der Waals surface area contributed by atoms with E-state index in [0.29, 0.717) is 30.4 Å². The Morgan fingerprint density at radius 2 is 1.94 bits per heavy atom. The predicted octanol–water partition coefficient (Wildman–Crippen LogP) is 1.51. The van der Waals surface area contributed by atoms with E-state index < -0.39 is 0 Å². The number of carbonyl (C=O) groups excluding carboxylic acids is 1. The second-order valence-electron chi connectivity index (χ2n) is 5.71. The molecule has 3 unspecified atom stereocenters. The molecule has 0 radical (unpaired) electrons. The first-order chi connectivity index (χ1) is 7.81. The summed E-state index contributed by atoms with van der Waals surface area (Å²) in [6.07, 6.45) is 6.84. The first kappa shape index (κ1) is 10.7. The zero-order valence-electron chi connectivity index (χ0n) is 9.78. The predicted molar refractivity (Wildman–Crippen MR) is 61.2 cm³/mol. The first-order valence-electron chi connectivity index (χ1n) is 6.68. The number of nitrogens with one attached hydrogen (secondary N) is 1. The lowest BCUT2D eigenvalue weighted by atomic mass is 9.85. The summed E-state index contributed by atoms with van der Waals surface area (Å²) < 4.78 is 5.29. The van der Waals surface area contributed by atoms with Crippen LogP contribution in [0.4, 0.5) is 0 Å². The van der Waals surface area contributed by atoms with Crippen molar-refractivity contribution >= 4 is 5.78 Å². The van der Waals surface area contributed by atoms with Crippen molar-refractivity contribution in [2.75, 3.05) is 13.2 Å². The van der Waals surface area contributed by atoms with Crippen molar-refractivity contribution in [3.8, 4) is 0 Å². The van der Waals surface area contributed by atoms with E-state index in [9.17, 15) is 4.79 Å². The smallest absolute Gasteiger partial charge is 0.138 e. The molecule has 0 aromatic heterocycles. The second kappa shape index (κ2) is 4.46. The topological polar surface area (TPSA) is 38.3 Å². The fourth-order valence-electron chi connectivity index (χ4n) is 3.58. The van der Waals surface area contributed by atoms with Crippen molar-refractivity contribution in [1.82, 2.24) is 5.32 Å². The zero-order chi connectivity index (χ0) is 11.0. The Morgan fingerprint density at radius 1 is 1.19 bits per heavy atom. The van der Waals surface area contributed by atoms with Crippen LogP contribution >= 0.6 is 0 Å². The molecule has 16 heavy (non-hydrogen) atoms. The minimum Gasteiger partial charge on any atom is -0.381 e. The highest BCUT2D eigenvalue weighted by Crippen LogP contribution is 2.33. The van der Waals surface area contributed by atoms with Gasteiger partial charge in [-0.1, -0.05) is 0 Å². The third-order valence-corrected chi connectivity index (χ3v) is 4.45. The van der Waals surface area contributed by atoms with E-state index in [1.165, 1.54) is 25.7 Å². The minimum absolute atomic E-state index is 0.215. The molecular formula is C13H21NO2. The van der Waals surface area contributed by atoms with E-state index in [1.807, 2.05) is 0 Å². The molecule has 3 saturated heterocycles. The minimum atomic E-state index is 0.215. The molecule has 3 fully saturated rings. The maximum Gasteiger partial charge on any atom is 0.138 e. The molecule has 3 heterocycles. The normalized spacial score (nSPS) is 42.5. The zero-order valence-corrected chi connectivity index (χ0v) is 9.78. The molecule has 1 N–H and O–H groups in total. The van der Waals surface area contributed by atoms with Crippen LogP contribution in [0, 0.1) is 11.8 Å². The Labute approximate surface area is 96.9 Å². The van der Waals surface area contributed by atoms with Crippen LogP contribution in [0.3, 0.4) is 0 Å². The molecule has 0 amide bonds. The third kappa shape index (κ3) is 2.16. The fourth-order valence-corrected chi connectivity index (χ4v) is 3.58. The number of fused-ring (bicyclic) bond motifs is 2. The van der Waals surface area contributed by atoms with Gasteiger partial charge in [-0.05, 0) is 38.0 Å². The SMILES string of the molecule is O=C(CC1CC2CCC(C1)N2)C1CCOC1. The van der Waals surface area contributed by atoms with Crippen LogP contribution in [0.5, 0.6) is 0 Å². The summed E-state index contributed by atoms with van der Waals surface area (Å²) >= 11 is 0. The van der Waals surface area contributed by atoms with Gasteiger partial charge in [0.05, 0.1) is 6.61 Å². The number of ether oxygens (including phenoxy) is 1. The van der Waals surface area contributed by atoms with E-state index in [4.69, 9.17) is 4.74 Å². The summed E-state index contributed by atoms with van der Waals surface area (Å²) in [6, 6.07) is 1.41. The Hall–Kier alpha value is -0.410. The molecule has 0 aromatic rings. The van der Waals surface area contributed by atoms with Gasteiger partial charge in [-0.15, -0.1) is 0 Å². The first-order valence-corrected chi connectivity index (χ1v) is 6.68. The second-order valence-corrected chi connectivity index (χ2v) is 5.71. The summed E-state index contributed by atoms with van der Waals surface area (Å²) in [5.74, 6) is 1.32. The summed E-state index contributed by atoms with van der Waals surface area (Å²) in [5.41, 5.74) is 0. The van der Waals surface area contributed by atoms with E-state index in [0.717, 1.165) is 19.4 Å². The van der Waals surface area contributed by atoms with E-state index in [-0.39, 0.29) is 5.92 Å². The van der Waals surface area contributed by atoms with Gasteiger partial charge >= 0.3 is 0 Å². The van der Waals surface area contributed by atoms with Gasteiger partial charge in [0.2, 0.25) is 0 Å². The van der Waals surface area contributed by atoms with E-state index in [1.54, 1.807) is 0 Å². The van der Waals surface area contributed by atoms with Crippen LogP contribution < -0.4 is 5.32 Å². The maximum atomic E-state index is 12.0. The van der Waals surface area contributed by atoms with Crippen LogP contribution in [0.15, 0.2) is 0 Å². The average Bonchev–Trinajstić information content (AvgIpc) is 2.88. The molecule has 0 aromatic carbocycles. The molecule has 0 aliphatic carbocycles. The number of hydrogen-bond acceptors (Lipinski definition) is 3. The van der Waals surface area contributed by atoms with Gasteiger partial charge in [0, 0.05) is 31.0 Å². The van der Waals surface area contributed by atoms with Crippen molar-refractivity contribution in [2.45, 2.75) is 50.6 Å². The van der Waals surface area contributed by atoms with Crippen molar-refractivity contribution in [2.24, 2.45) is 11.8 Å². The number of hydrogen-bond donors (Lipinski definition) is 1. The summed E-state index contributed by atoms with van der Waals surface area (Å²) in [6.45, 7) is 1.46. The Bertz CT molecular complexity index is 261. The maximum absolute atomic E-state index is 12.0. The van der Waals surface area contributed by atoms with Gasteiger partial charge < -0.3 is 10.1 Å². The lowest BCUT2D eigenvalue weighted by molar-refractivity contribution is -0.124. The Morgan fingerprint density at radius 3 is 2.56 bits per heavy atom. The van der Waals surface area contributed by atoms with Gasteiger partial charge in [0.15, 0.2) is 0 Å². The molecule has 3 heteroatoms. The highest BCUT2D eigenvalue weighted by Gasteiger charge is 2.35. The summed E-state index contributed by atoms with van der Waals surface area (Å²) in [7, 11) is 0.